The van der Waals surface area contributed by atoms with Gasteiger partial charge in [-0.25, -0.2) is 0 Å². The standard InChI is InChI=1S/C9H14N2O3S.Li.H/c1-4-7(10)5(2)9(15(12,13)14)6(3)8(4)11;;/h10-11H2,1-3H3,(H,12,13,14);;. The first-order chi connectivity index (χ1) is 6.68. The molecular weight excluding hydrogens is 223 g/mol. The summed E-state index contributed by atoms with van der Waals surface area (Å²) in [4.78, 5) is -0.192. The van der Waals surface area contributed by atoms with Crippen LogP contribution in [0.2, 0.25) is 0 Å². The van der Waals surface area contributed by atoms with Crippen LogP contribution >= 0.6 is 0 Å². The van der Waals surface area contributed by atoms with Crippen LogP contribution in [-0.2, 0) is 10.1 Å². The molecule has 86 valence electrons. The number of nitrogens with two attached hydrogens (primary N) is 2. The molecule has 0 saturated heterocycles. The van der Waals surface area contributed by atoms with Crippen molar-refractivity contribution in [2.45, 2.75) is 25.7 Å². The molecule has 5 nitrogen and oxygen atoms in total. The summed E-state index contributed by atoms with van der Waals surface area (Å²) in [5, 5.41) is 0. The predicted octanol–water partition coefficient (Wildman–Crippen LogP) is 0.374. The number of rotatable bonds is 1. The van der Waals surface area contributed by atoms with Crippen LogP contribution in [0.25, 0.3) is 0 Å². The molecule has 0 fully saturated rings. The van der Waals surface area contributed by atoms with Crippen molar-refractivity contribution in [3.05, 3.63) is 16.7 Å². The second-order valence-electron chi connectivity index (χ2n) is 3.51. The molecule has 0 spiro atoms. The van der Waals surface area contributed by atoms with Gasteiger partial charge in [-0.1, -0.05) is 0 Å². The Bertz CT molecular complexity index is 497. The third-order valence-corrected chi connectivity index (χ3v) is 3.68. The van der Waals surface area contributed by atoms with Gasteiger partial charge >= 0.3 is 18.9 Å². The summed E-state index contributed by atoms with van der Waals surface area (Å²) >= 11 is 0. The fourth-order valence-corrected chi connectivity index (χ4v) is 2.61. The molecule has 0 aliphatic rings. The van der Waals surface area contributed by atoms with E-state index in [-0.39, 0.29) is 23.8 Å². The third-order valence-electron chi connectivity index (χ3n) is 2.56. The van der Waals surface area contributed by atoms with Gasteiger partial charge in [-0.05, 0) is 37.5 Å². The second kappa shape index (κ2) is 4.68. The summed E-state index contributed by atoms with van der Waals surface area (Å²) in [6, 6.07) is 0. The average Bonchev–Trinajstić information content (AvgIpc) is 2.09. The Morgan fingerprint density at radius 3 is 1.50 bits per heavy atom. The van der Waals surface area contributed by atoms with Crippen molar-refractivity contribution >= 4 is 40.4 Å². The van der Waals surface area contributed by atoms with Gasteiger partial charge in [0.05, 0.1) is 0 Å². The summed E-state index contributed by atoms with van der Waals surface area (Å²) < 4.78 is 31.3. The van der Waals surface area contributed by atoms with Gasteiger partial charge in [0.15, 0.2) is 0 Å². The molecule has 0 radical (unpaired) electrons. The molecular formula is C9H15LiN2O3S. The minimum absolute atomic E-state index is 0. The van der Waals surface area contributed by atoms with E-state index in [9.17, 15) is 8.42 Å². The molecule has 16 heavy (non-hydrogen) atoms. The molecule has 0 atom stereocenters. The van der Waals surface area contributed by atoms with Crippen molar-refractivity contribution in [3.63, 3.8) is 0 Å². The fraction of sp³-hybridized carbons (Fsp3) is 0.333. The molecule has 0 saturated carbocycles. The van der Waals surface area contributed by atoms with Crippen LogP contribution in [0, 0.1) is 20.8 Å². The zero-order chi connectivity index (χ0) is 12.0. The Morgan fingerprint density at radius 2 is 1.25 bits per heavy atom. The van der Waals surface area contributed by atoms with Gasteiger partial charge in [0, 0.05) is 11.4 Å². The zero-order valence-electron chi connectivity index (χ0n) is 8.83. The predicted molar refractivity (Wildman–Crippen MR) is 66.4 cm³/mol. The summed E-state index contributed by atoms with van der Waals surface area (Å²) in [5.41, 5.74) is 13.3. The molecule has 0 bridgehead atoms. The summed E-state index contributed by atoms with van der Waals surface area (Å²) in [7, 11) is -4.29. The SMILES string of the molecule is Cc1c(N)c(C)c(S(=O)(=O)O)c(C)c1N.[LiH]. The van der Waals surface area contributed by atoms with E-state index in [0.717, 1.165) is 0 Å². The van der Waals surface area contributed by atoms with E-state index in [1.54, 1.807) is 6.92 Å². The van der Waals surface area contributed by atoms with Crippen molar-refractivity contribution in [2.24, 2.45) is 0 Å². The van der Waals surface area contributed by atoms with Crippen LogP contribution in [0.15, 0.2) is 4.90 Å². The first-order valence-electron chi connectivity index (χ1n) is 4.30. The normalized spacial score (nSPS) is 11.0. The van der Waals surface area contributed by atoms with Gasteiger partial charge in [-0.3, -0.25) is 4.55 Å². The Labute approximate surface area is 107 Å². The molecule has 0 aliphatic carbocycles. The topological polar surface area (TPSA) is 106 Å². The second-order valence-corrected chi connectivity index (χ2v) is 4.86. The van der Waals surface area contributed by atoms with Gasteiger partial charge in [0.1, 0.15) is 4.90 Å². The Kier molecular flexibility index (Phi) is 4.48. The first-order valence-corrected chi connectivity index (χ1v) is 5.74. The summed E-state index contributed by atoms with van der Waals surface area (Å²) in [6.07, 6.45) is 0. The molecule has 1 aromatic carbocycles. The van der Waals surface area contributed by atoms with Crippen LogP contribution in [0.3, 0.4) is 0 Å². The van der Waals surface area contributed by atoms with Crippen LogP contribution in [-0.4, -0.2) is 31.8 Å². The van der Waals surface area contributed by atoms with E-state index in [1.165, 1.54) is 13.8 Å². The summed E-state index contributed by atoms with van der Waals surface area (Å²) in [6.45, 7) is 4.79. The van der Waals surface area contributed by atoms with E-state index < -0.39 is 10.1 Å². The van der Waals surface area contributed by atoms with Gasteiger partial charge in [0.2, 0.25) is 0 Å². The summed E-state index contributed by atoms with van der Waals surface area (Å²) in [5.74, 6) is 0. The van der Waals surface area contributed by atoms with Crippen LogP contribution in [0.4, 0.5) is 11.4 Å². The van der Waals surface area contributed by atoms with Crippen LogP contribution < -0.4 is 11.5 Å². The Balaban J connectivity index is 0.00000225. The van der Waals surface area contributed by atoms with E-state index in [2.05, 4.69) is 0 Å². The third kappa shape index (κ3) is 2.35. The monoisotopic (exact) mass is 238 g/mol. The molecule has 1 aromatic rings. The number of nitrogen functional groups attached to an aromatic ring is 2. The van der Waals surface area contributed by atoms with Crippen LogP contribution in [0.5, 0.6) is 0 Å². The van der Waals surface area contributed by atoms with Gasteiger partial charge in [0.25, 0.3) is 10.1 Å². The maximum absolute atomic E-state index is 11.1. The first kappa shape index (κ1) is 15.3. The molecule has 7 heteroatoms. The number of hydrogen-bond acceptors (Lipinski definition) is 4. The Morgan fingerprint density at radius 1 is 0.938 bits per heavy atom. The zero-order valence-corrected chi connectivity index (χ0v) is 9.64. The molecule has 0 heterocycles. The van der Waals surface area contributed by atoms with E-state index in [4.69, 9.17) is 16.0 Å². The molecule has 0 amide bonds. The maximum atomic E-state index is 11.1. The molecule has 0 aliphatic heterocycles. The van der Waals surface area contributed by atoms with Crippen molar-refractivity contribution in [2.75, 3.05) is 11.5 Å². The van der Waals surface area contributed by atoms with Gasteiger partial charge < -0.3 is 11.5 Å². The average molecular weight is 238 g/mol. The minimum atomic E-state index is -4.29. The van der Waals surface area contributed by atoms with Crippen LogP contribution in [0.1, 0.15) is 16.7 Å². The van der Waals surface area contributed by atoms with E-state index >= 15 is 0 Å². The van der Waals surface area contributed by atoms with E-state index in [1.807, 2.05) is 0 Å². The molecule has 0 aromatic heterocycles. The van der Waals surface area contributed by atoms with Crippen molar-refractivity contribution in [1.29, 1.82) is 0 Å². The molecule has 0 unspecified atom stereocenters. The van der Waals surface area contributed by atoms with Gasteiger partial charge in [-0.2, -0.15) is 8.42 Å². The number of hydrogen-bond donors (Lipinski definition) is 3. The van der Waals surface area contributed by atoms with Crippen molar-refractivity contribution in [1.82, 2.24) is 0 Å². The molecule has 5 N–H and O–H groups in total. The number of benzene rings is 1. The van der Waals surface area contributed by atoms with Crippen molar-refractivity contribution < 1.29 is 13.0 Å². The van der Waals surface area contributed by atoms with Crippen molar-refractivity contribution in [3.8, 4) is 0 Å². The fourth-order valence-electron chi connectivity index (χ4n) is 1.62. The molecule has 1 rings (SSSR count). The number of anilines is 2. The Hall–Kier alpha value is -0.673. The quantitative estimate of drug-likeness (QED) is 0.372. The van der Waals surface area contributed by atoms with E-state index in [0.29, 0.717) is 28.1 Å². The van der Waals surface area contributed by atoms with Gasteiger partial charge in [-0.15, -0.1) is 0 Å².